The molecule has 1 aliphatic heterocycles. The molecule has 1 aliphatic carbocycles. The molecule has 0 fully saturated rings. The van der Waals surface area contributed by atoms with Crippen LogP contribution in [-0.4, -0.2) is 5.97 Å². The number of carbonyl (C=O) groups is 1. The maximum absolute atomic E-state index is 12.3. The molecule has 0 amide bonds. The van der Waals surface area contributed by atoms with Crippen molar-refractivity contribution in [3.8, 4) is 28.0 Å². The fourth-order valence-corrected chi connectivity index (χ4v) is 2.42. The summed E-state index contributed by atoms with van der Waals surface area (Å²) in [6, 6.07) is 10.9. The van der Waals surface area contributed by atoms with Crippen LogP contribution < -0.4 is 10.2 Å². The van der Waals surface area contributed by atoms with E-state index in [-0.39, 0.29) is 17.8 Å². The number of fused-ring (bicyclic) bond motifs is 1. The summed E-state index contributed by atoms with van der Waals surface area (Å²) in [6.07, 6.45) is 3.09. The fourth-order valence-electron chi connectivity index (χ4n) is 2.42. The summed E-state index contributed by atoms with van der Waals surface area (Å²) in [5.74, 6) is 0.0465. The first-order valence-corrected chi connectivity index (χ1v) is 7.41. The van der Waals surface area contributed by atoms with Gasteiger partial charge in [0, 0.05) is 17.5 Å². The van der Waals surface area contributed by atoms with Crippen LogP contribution in [0.1, 0.15) is 18.9 Å². The molecule has 116 valence electrons. The van der Waals surface area contributed by atoms with Gasteiger partial charge in [-0.25, -0.2) is 0 Å². The third-order valence-corrected chi connectivity index (χ3v) is 3.69. The highest BCUT2D eigenvalue weighted by atomic mass is 16.5. The number of carbonyl (C=O) groups excluding carboxylic acids is 1. The Morgan fingerprint density at radius 1 is 1.09 bits per heavy atom. The average Bonchev–Trinajstić information content (AvgIpc) is 2.58. The number of hydrogen-bond donors (Lipinski definition) is 0. The summed E-state index contributed by atoms with van der Waals surface area (Å²) >= 11 is 0. The van der Waals surface area contributed by atoms with Crippen LogP contribution in [0.25, 0.3) is 22.3 Å². The number of ether oxygens (including phenoxy) is 1. The maximum Gasteiger partial charge on any atom is 0.310 e. The van der Waals surface area contributed by atoms with E-state index in [1.165, 1.54) is 18.6 Å². The van der Waals surface area contributed by atoms with Crippen LogP contribution in [0.5, 0.6) is 5.75 Å². The molecule has 0 saturated heterocycles. The second-order valence-corrected chi connectivity index (χ2v) is 5.33. The number of aryl methyl sites for hydroxylation is 1. The Kier molecular flexibility index (Phi) is 3.98. The SMILES string of the molecule is CCC(=O)Oc1c(-c2ccc(C)cc2)cc(=O)c2coccc1-2. The van der Waals surface area contributed by atoms with Crippen LogP contribution in [0.4, 0.5) is 0 Å². The number of rotatable bonds is 3. The van der Waals surface area contributed by atoms with Crippen molar-refractivity contribution in [1.29, 1.82) is 0 Å². The Balaban J connectivity index is 2.29. The zero-order chi connectivity index (χ0) is 16.4. The Bertz CT molecular complexity index is 875. The smallest absolute Gasteiger partial charge is 0.310 e. The Morgan fingerprint density at radius 3 is 2.52 bits per heavy atom. The van der Waals surface area contributed by atoms with Crippen molar-refractivity contribution >= 4 is 5.97 Å². The Hall–Kier alpha value is -2.88. The lowest BCUT2D eigenvalue weighted by Gasteiger charge is -2.15. The van der Waals surface area contributed by atoms with Crippen molar-refractivity contribution in [3.63, 3.8) is 0 Å². The van der Waals surface area contributed by atoms with E-state index < -0.39 is 0 Å². The minimum Gasteiger partial charge on any atom is -0.472 e. The molecule has 1 aromatic carbocycles. The second kappa shape index (κ2) is 6.08. The average molecular weight is 308 g/mol. The molecule has 0 N–H and O–H groups in total. The van der Waals surface area contributed by atoms with Gasteiger partial charge in [0.05, 0.1) is 11.8 Å². The molecule has 0 unspecified atom stereocenters. The van der Waals surface area contributed by atoms with Crippen molar-refractivity contribution in [2.75, 3.05) is 0 Å². The molecule has 0 atom stereocenters. The molecule has 1 aromatic rings. The molecular formula is C19H16O4. The van der Waals surface area contributed by atoms with Crippen LogP contribution in [-0.2, 0) is 4.79 Å². The van der Waals surface area contributed by atoms with Crippen molar-refractivity contribution in [1.82, 2.24) is 0 Å². The van der Waals surface area contributed by atoms with Crippen LogP contribution in [0.3, 0.4) is 0 Å². The van der Waals surface area contributed by atoms with E-state index in [0.717, 1.165) is 11.1 Å². The quantitative estimate of drug-likeness (QED) is 0.541. The third kappa shape index (κ3) is 2.88. The van der Waals surface area contributed by atoms with Gasteiger partial charge < -0.3 is 9.15 Å². The van der Waals surface area contributed by atoms with Gasteiger partial charge in [-0.15, -0.1) is 0 Å². The third-order valence-electron chi connectivity index (χ3n) is 3.69. The molecule has 4 nitrogen and oxygen atoms in total. The molecular weight excluding hydrogens is 292 g/mol. The Labute approximate surface area is 133 Å². The van der Waals surface area contributed by atoms with Gasteiger partial charge >= 0.3 is 5.97 Å². The highest BCUT2D eigenvalue weighted by molar-refractivity contribution is 5.87. The molecule has 2 aliphatic rings. The van der Waals surface area contributed by atoms with Gasteiger partial charge in [-0.05, 0) is 24.6 Å². The highest BCUT2D eigenvalue weighted by Gasteiger charge is 2.20. The normalized spacial score (nSPS) is 10.7. The molecule has 0 spiro atoms. The lowest BCUT2D eigenvalue weighted by Crippen LogP contribution is -2.12. The van der Waals surface area contributed by atoms with Crippen LogP contribution in [0.2, 0.25) is 0 Å². The molecule has 1 heterocycles. The first-order chi connectivity index (χ1) is 11.1. The number of esters is 1. The molecule has 3 rings (SSSR count). The van der Waals surface area contributed by atoms with E-state index in [4.69, 9.17) is 9.15 Å². The van der Waals surface area contributed by atoms with Crippen LogP contribution >= 0.6 is 0 Å². The van der Waals surface area contributed by atoms with Gasteiger partial charge in [0.25, 0.3) is 0 Å². The van der Waals surface area contributed by atoms with Crippen molar-refractivity contribution in [2.24, 2.45) is 0 Å². The first kappa shape index (κ1) is 15.0. The number of hydrogen-bond acceptors (Lipinski definition) is 4. The Morgan fingerprint density at radius 2 is 1.83 bits per heavy atom. The van der Waals surface area contributed by atoms with E-state index >= 15 is 0 Å². The van der Waals surface area contributed by atoms with Gasteiger partial charge in [0.2, 0.25) is 0 Å². The monoisotopic (exact) mass is 308 g/mol. The standard InChI is InChI=1S/C19H16O4/c1-3-18(21)23-19-14-8-9-22-11-16(14)17(20)10-15(19)13-6-4-12(2)5-7-13/h4-11H,3H2,1-2H3. The fraction of sp³-hybridized carbons (Fsp3) is 0.158. The minimum atomic E-state index is -0.348. The van der Waals surface area contributed by atoms with E-state index in [9.17, 15) is 9.59 Å². The summed E-state index contributed by atoms with van der Waals surface area (Å²) in [5, 5.41) is 0. The molecule has 0 saturated carbocycles. The zero-order valence-electron chi connectivity index (χ0n) is 13.0. The topological polar surface area (TPSA) is 56.5 Å². The minimum absolute atomic E-state index is 0.170. The summed E-state index contributed by atoms with van der Waals surface area (Å²) in [5.41, 5.74) is 3.34. The van der Waals surface area contributed by atoms with Crippen molar-refractivity contribution in [3.05, 3.63) is 64.7 Å². The first-order valence-electron chi connectivity index (χ1n) is 7.41. The second-order valence-electron chi connectivity index (χ2n) is 5.33. The van der Waals surface area contributed by atoms with Gasteiger partial charge in [-0.2, -0.15) is 0 Å². The van der Waals surface area contributed by atoms with Gasteiger partial charge in [0.1, 0.15) is 12.0 Å². The van der Waals surface area contributed by atoms with E-state index in [0.29, 0.717) is 22.4 Å². The van der Waals surface area contributed by atoms with E-state index in [1.54, 1.807) is 13.0 Å². The van der Waals surface area contributed by atoms with E-state index in [1.807, 2.05) is 31.2 Å². The largest absolute Gasteiger partial charge is 0.472 e. The van der Waals surface area contributed by atoms with Gasteiger partial charge in [-0.1, -0.05) is 36.8 Å². The highest BCUT2D eigenvalue weighted by Crippen LogP contribution is 2.38. The number of benzene rings is 2. The van der Waals surface area contributed by atoms with Crippen molar-refractivity contribution in [2.45, 2.75) is 20.3 Å². The molecule has 0 aromatic heterocycles. The summed E-state index contributed by atoms with van der Waals surface area (Å²) in [4.78, 5) is 24.2. The lowest BCUT2D eigenvalue weighted by atomic mass is 9.96. The van der Waals surface area contributed by atoms with Crippen LogP contribution in [0, 0.1) is 6.92 Å². The molecule has 0 radical (unpaired) electrons. The van der Waals surface area contributed by atoms with E-state index in [2.05, 4.69) is 0 Å². The predicted molar refractivity (Wildman–Crippen MR) is 87.7 cm³/mol. The van der Waals surface area contributed by atoms with Gasteiger partial charge in [0.15, 0.2) is 5.43 Å². The van der Waals surface area contributed by atoms with Crippen molar-refractivity contribution < 1.29 is 13.9 Å². The lowest BCUT2D eigenvalue weighted by molar-refractivity contribution is -0.133. The summed E-state index contributed by atoms with van der Waals surface area (Å²) in [6.45, 7) is 3.72. The summed E-state index contributed by atoms with van der Waals surface area (Å²) in [7, 11) is 0. The zero-order valence-corrected chi connectivity index (χ0v) is 13.0. The molecule has 4 heteroatoms. The van der Waals surface area contributed by atoms with Crippen LogP contribution in [0.15, 0.2) is 58.1 Å². The molecule has 0 bridgehead atoms. The maximum atomic E-state index is 12.3. The van der Waals surface area contributed by atoms with Gasteiger partial charge in [-0.3, -0.25) is 9.59 Å². The predicted octanol–water partition coefficient (Wildman–Crippen LogP) is 4.04. The summed E-state index contributed by atoms with van der Waals surface area (Å²) < 4.78 is 10.6. The molecule has 23 heavy (non-hydrogen) atoms.